The molecule has 0 saturated carbocycles. The molecule has 0 aliphatic carbocycles. The summed E-state index contributed by atoms with van der Waals surface area (Å²) in [5.41, 5.74) is 1.62. The molecule has 1 aliphatic heterocycles. The summed E-state index contributed by atoms with van der Waals surface area (Å²) in [5.74, 6) is 1.62. The van der Waals surface area contributed by atoms with Gasteiger partial charge in [-0.25, -0.2) is 9.18 Å². The van der Waals surface area contributed by atoms with E-state index in [4.69, 9.17) is 9.47 Å². The largest absolute Gasteiger partial charge is 0.493 e. The lowest BCUT2D eigenvalue weighted by Crippen LogP contribution is -2.51. The van der Waals surface area contributed by atoms with Crippen LogP contribution in [-0.2, 0) is 13.1 Å². The Labute approximate surface area is 190 Å². The van der Waals surface area contributed by atoms with Crippen LogP contribution in [0.15, 0.2) is 42.5 Å². The van der Waals surface area contributed by atoms with Crippen LogP contribution in [0.3, 0.4) is 0 Å². The number of ether oxygens (including phenoxy) is 2. The van der Waals surface area contributed by atoms with Crippen molar-refractivity contribution in [2.45, 2.75) is 13.1 Å². The molecule has 33 heavy (non-hydrogen) atoms. The number of rotatable bonds is 7. The van der Waals surface area contributed by atoms with Crippen molar-refractivity contribution < 1.29 is 18.7 Å². The van der Waals surface area contributed by atoms with E-state index in [1.807, 2.05) is 18.2 Å². The Balaban J connectivity index is 1.28. The van der Waals surface area contributed by atoms with Crippen molar-refractivity contribution in [3.05, 3.63) is 59.7 Å². The monoisotopic (exact) mass is 455 g/mol. The Morgan fingerprint density at radius 3 is 2.45 bits per heavy atom. The van der Waals surface area contributed by atoms with Crippen LogP contribution in [0.5, 0.6) is 11.5 Å². The fourth-order valence-electron chi connectivity index (χ4n) is 3.68. The molecule has 1 saturated heterocycles. The Morgan fingerprint density at radius 1 is 1.03 bits per heavy atom. The average Bonchev–Trinajstić information content (AvgIpc) is 3.31. The van der Waals surface area contributed by atoms with Gasteiger partial charge in [-0.3, -0.25) is 4.90 Å². The van der Waals surface area contributed by atoms with E-state index in [0.717, 1.165) is 5.56 Å². The first kappa shape index (κ1) is 22.5. The highest BCUT2D eigenvalue weighted by Crippen LogP contribution is 2.27. The molecule has 11 heteroatoms. The molecule has 1 aromatic heterocycles. The van der Waals surface area contributed by atoms with E-state index in [1.54, 1.807) is 35.9 Å². The zero-order valence-corrected chi connectivity index (χ0v) is 18.6. The summed E-state index contributed by atoms with van der Waals surface area (Å²) in [6.45, 7) is 3.50. The molecule has 2 aromatic carbocycles. The quantitative estimate of drug-likeness (QED) is 0.581. The Bertz CT molecular complexity index is 1080. The van der Waals surface area contributed by atoms with Crippen molar-refractivity contribution >= 4 is 6.03 Å². The number of amides is 2. The number of benzene rings is 2. The molecule has 4 rings (SSSR count). The highest BCUT2D eigenvalue weighted by atomic mass is 19.1. The zero-order chi connectivity index (χ0) is 23.2. The molecule has 174 valence electrons. The van der Waals surface area contributed by atoms with Crippen LogP contribution in [0.1, 0.15) is 11.4 Å². The van der Waals surface area contributed by atoms with Gasteiger partial charge in [-0.2, -0.15) is 4.68 Å². The van der Waals surface area contributed by atoms with Crippen LogP contribution in [0, 0.1) is 5.82 Å². The second-order valence-electron chi connectivity index (χ2n) is 7.59. The first-order chi connectivity index (χ1) is 16.1. The Kier molecular flexibility index (Phi) is 6.98. The van der Waals surface area contributed by atoms with Crippen molar-refractivity contribution in [3.63, 3.8) is 0 Å². The number of hydrogen-bond acceptors (Lipinski definition) is 7. The van der Waals surface area contributed by atoms with Gasteiger partial charge in [0.1, 0.15) is 5.82 Å². The van der Waals surface area contributed by atoms with Crippen LogP contribution >= 0.6 is 0 Å². The summed E-state index contributed by atoms with van der Waals surface area (Å²) in [5, 5.41) is 14.8. The van der Waals surface area contributed by atoms with Crippen molar-refractivity contribution in [2.75, 3.05) is 40.4 Å². The smallest absolute Gasteiger partial charge is 0.317 e. The van der Waals surface area contributed by atoms with Gasteiger partial charge in [-0.15, -0.1) is 5.10 Å². The van der Waals surface area contributed by atoms with Gasteiger partial charge in [-0.05, 0) is 52.4 Å². The third-order valence-electron chi connectivity index (χ3n) is 5.52. The van der Waals surface area contributed by atoms with E-state index < -0.39 is 0 Å². The second-order valence-corrected chi connectivity index (χ2v) is 7.59. The van der Waals surface area contributed by atoms with E-state index in [9.17, 15) is 9.18 Å². The predicted molar refractivity (Wildman–Crippen MR) is 118 cm³/mol. The van der Waals surface area contributed by atoms with Crippen molar-refractivity contribution in [1.29, 1.82) is 0 Å². The molecule has 0 atom stereocenters. The molecule has 1 N–H and O–H groups in total. The molecular formula is C22H26FN7O3. The number of hydrogen-bond donors (Lipinski definition) is 1. The van der Waals surface area contributed by atoms with Gasteiger partial charge < -0.3 is 19.7 Å². The summed E-state index contributed by atoms with van der Waals surface area (Å²) < 4.78 is 25.4. The van der Waals surface area contributed by atoms with Crippen molar-refractivity contribution in [3.8, 4) is 17.2 Å². The molecule has 1 fully saturated rings. The van der Waals surface area contributed by atoms with E-state index in [1.165, 1.54) is 12.1 Å². The van der Waals surface area contributed by atoms with Crippen LogP contribution in [0.2, 0.25) is 0 Å². The van der Waals surface area contributed by atoms with Gasteiger partial charge in [-0.1, -0.05) is 6.07 Å². The number of piperazine rings is 1. The van der Waals surface area contributed by atoms with E-state index in [2.05, 4.69) is 25.7 Å². The predicted octanol–water partition coefficient (Wildman–Crippen LogP) is 1.85. The normalized spacial score (nSPS) is 14.2. The average molecular weight is 455 g/mol. The minimum atomic E-state index is -0.311. The van der Waals surface area contributed by atoms with Gasteiger partial charge in [0, 0.05) is 32.7 Å². The third kappa shape index (κ3) is 5.37. The van der Waals surface area contributed by atoms with E-state index in [0.29, 0.717) is 62.3 Å². The maximum atomic E-state index is 13.2. The molecular weight excluding hydrogens is 429 g/mol. The van der Waals surface area contributed by atoms with Gasteiger partial charge in [0.15, 0.2) is 17.3 Å². The maximum absolute atomic E-state index is 13.2. The highest BCUT2D eigenvalue weighted by molar-refractivity contribution is 5.74. The second kappa shape index (κ2) is 10.3. The molecule has 10 nitrogen and oxygen atoms in total. The summed E-state index contributed by atoms with van der Waals surface area (Å²) in [7, 11) is 3.17. The standard InChI is InChI=1S/C22H26FN7O3/c1-32-19-8-3-16(13-20(19)33-2)14-24-22(31)29-11-9-28(10-12-29)15-21-25-26-27-30(21)18-6-4-17(23)5-7-18/h3-8,13H,9-12,14-15H2,1-2H3,(H,24,31). The fourth-order valence-corrected chi connectivity index (χ4v) is 3.68. The number of carbonyl (C=O) groups is 1. The number of halogens is 1. The summed E-state index contributed by atoms with van der Waals surface area (Å²) in [4.78, 5) is 16.6. The van der Waals surface area contributed by atoms with Crippen LogP contribution in [0.4, 0.5) is 9.18 Å². The van der Waals surface area contributed by atoms with Gasteiger partial charge in [0.2, 0.25) is 0 Å². The molecule has 0 bridgehead atoms. The number of methoxy groups -OCH3 is 2. The van der Waals surface area contributed by atoms with Gasteiger partial charge >= 0.3 is 6.03 Å². The van der Waals surface area contributed by atoms with Crippen LogP contribution in [-0.4, -0.2) is 76.4 Å². The third-order valence-corrected chi connectivity index (χ3v) is 5.52. The fraction of sp³-hybridized carbons (Fsp3) is 0.364. The first-order valence-corrected chi connectivity index (χ1v) is 10.6. The SMILES string of the molecule is COc1ccc(CNC(=O)N2CCN(Cc3nnnn3-c3ccc(F)cc3)CC2)cc1OC. The summed E-state index contributed by atoms with van der Waals surface area (Å²) >= 11 is 0. The van der Waals surface area contributed by atoms with Gasteiger partial charge in [0.05, 0.1) is 26.5 Å². The number of urea groups is 1. The lowest BCUT2D eigenvalue weighted by Gasteiger charge is -2.34. The first-order valence-electron chi connectivity index (χ1n) is 10.6. The van der Waals surface area contributed by atoms with Crippen LogP contribution in [0.25, 0.3) is 5.69 Å². The number of nitrogens with zero attached hydrogens (tertiary/aromatic N) is 6. The lowest BCUT2D eigenvalue weighted by atomic mass is 10.2. The molecule has 3 aromatic rings. The minimum absolute atomic E-state index is 0.111. The van der Waals surface area contributed by atoms with E-state index >= 15 is 0 Å². The molecule has 0 unspecified atom stereocenters. The zero-order valence-electron chi connectivity index (χ0n) is 18.6. The maximum Gasteiger partial charge on any atom is 0.317 e. The summed E-state index contributed by atoms with van der Waals surface area (Å²) in [6, 6.07) is 11.5. The van der Waals surface area contributed by atoms with Gasteiger partial charge in [0.25, 0.3) is 0 Å². The molecule has 2 amide bonds. The van der Waals surface area contributed by atoms with Crippen molar-refractivity contribution in [1.82, 2.24) is 35.3 Å². The minimum Gasteiger partial charge on any atom is -0.493 e. The highest BCUT2D eigenvalue weighted by Gasteiger charge is 2.23. The molecule has 2 heterocycles. The molecule has 0 radical (unpaired) electrons. The van der Waals surface area contributed by atoms with Crippen LogP contribution < -0.4 is 14.8 Å². The lowest BCUT2D eigenvalue weighted by molar-refractivity contribution is 0.132. The number of tetrazole rings is 1. The molecule has 1 aliphatic rings. The topological polar surface area (TPSA) is 97.6 Å². The number of carbonyl (C=O) groups excluding carboxylic acids is 1. The number of nitrogens with one attached hydrogen (secondary N) is 1. The Morgan fingerprint density at radius 2 is 1.76 bits per heavy atom. The van der Waals surface area contributed by atoms with Crippen molar-refractivity contribution in [2.24, 2.45) is 0 Å². The number of aromatic nitrogens is 4. The Hall–Kier alpha value is -3.73. The summed E-state index contributed by atoms with van der Waals surface area (Å²) in [6.07, 6.45) is 0. The molecule has 0 spiro atoms. The van der Waals surface area contributed by atoms with E-state index in [-0.39, 0.29) is 11.8 Å².